The van der Waals surface area contributed by atoms with Crippen molar-refractivity contribution in [2.45, 2.75) is 50.4 Å². The summed E-state index contributed by atoms with van der Waals surface area (Å²) in [5, 5.41) is 2.86. The maximum absolute atomic E-state index is 12.9. The van der Waals surface area contributed by atoms with E-state index in [1.165, 1.54) is 42.4 Å². The Morgan fingerprint density at radius 2 is 1.19 bits per heavy atom. The number of carbonyl (C=O) groups is 4. The molecule has 47 heavy (non-hydrogen) atoms. The van der Waals surface area contributed by atoms with Crippen LogP contribution in [-0.4, -0.2) is 37.5 Å². The minimum atomic E-state index is -0.0187. The Labute approximate surface area is 299 Å². The Balaban J connectivity index is 0.000000137. The number of rotatable bonds is 5. The van der Waals surface area contributed by atoms with Crippen molar-refractivity contribution < 1.29 is 19.2 Å². The molecule has 6 nitrogen and oxygen atoms in total. The van der Waals surface area contributed by atoms with E-state index in [2.05, 4.69) is 77.4 Å². The molecular formula is C38H33Br3N2O4. The molecule has 2 aliphatic carbocycles. The second kappa shape index (κ2) is 14.8. The van der Waals surface area contributed by atoms with Gasteiger partial charge >= 0.3 is 0 Å². The number of nitrogens with one attached hydrogen (secondary N) is 1. The predicted molar refractivity (Wildman–Crippen MR) is 195 cm³/mol. The number of anilines is 1. The molecule has 0 unspecified atom stereocenters. The van der Waals surface area contributed by atoms with Crippen LogP contribution in [0.3, 0.4) is 0 Å². The van der Waals surface area contributed by atoms with Crippen molar-refractivity contribution >= 4 is 77.9 Å². The maximum atomic E-state index is 12.9. The number of carbonyl (C=O) groups excluding carboxylic acids is 4. The minimum Gasteiger partial charge on any atom is -0.352 e. The first-order valence-electron chi connectivity index (χ1n) is 15.8. The number of fused-ring (bicyclic) bond motifs is 2. The van der Waals surface area contributed by atoms with Gasteiger partial charge in [-0.3, -0.25) is 19.2 Å². The van der Waals surface area contributed by atoms with Crippen molar-refractivity contribution in [2.75, 3.05) is 18.0 Å². The van der Waals surface area contributed by atoms with Gasteiger partial charge in [0.15, 0.2) is 12.6 Å². The Kier molecular flexibility index (Phi) is 10.5. The topological polar surface area (TPSA) is 83.6 Å². The fourth-order valence-corrected chi connectivity index (χ4v) is 7.66. The van der Waals surface area contributed by atoms with Gasteiger partial charge in [0.1, 0.15) is 0 Å². The van der Waals surface area contributed by atoms with Gasteiger partial charge in [-0.1, -0.05) is 68.3 Å². The van der Waals surface area contributed by atoms with E-state index in [1.807, 2.05) is 48.5 Å². The highest BCUT2D eigenvalue weighted by Crippen LogP contribution is 2.42. The molecule has 4 aromatic carbocycles. The first-order chi connectivity index (χ1) is 22.8. The molecule has 8 rings (SSSR count). The second-order valence-electron chi connectivity index (χ2n) is 12.1. The van der Waals surface area contributed by atoms with Crippen molar-refractivity contribution in [3.05, 3.63) is 131 Å². The van der Waals surface area contributed by atoms with E-state index in [1.54, 1.807) is 4.90 Å². The van der Waals surface area contributed by atoms with Crippen LogP contribution in [0.1, 0.15) is 101 Å². The van der Waals surface area contributed by atoms with E-state index in [9.17, 15) is 19.2 Å². The minimum absolute atomic E-state index is 0.0187. The largest absolute Gasteiger partial charge is 0.352 e. The van der Waals surface area contributed by atoms with E-state index < -0.39 is 0 Å². The Bertz CT molecular complexity index is 1850. The van der Waals surface area contributed by atoms with Gasteiger partial charge in [0, 0.05) is 43.2 Å². The summed E-state index contributed by atoms with van der Waals surface area (Å²) in [6, 6.07) is 23.6. The average Bonchev–Trinajstić information content (AvgIpc) is 4.00. The van der Waals surface area contributed by atoms with Gasteiger partial charge in [0.05, 0.1) is 11.3 Å². The number of hydrogen-bond donors (Lipinski definition) is 1. The molecule has 2 saturated carbocycles. The summed E-state index contributed by atoms with van der Waals surface area (Å²) in [5.74, 6) is 1.55. The molecular weight excluding hydrogens is 788 g/mol. The first kappa shape index (κ1) is 33.5. The summed E-state index contributed by atoms with van der Waals surface area (Å²) < 4.78 is 2.35. The lowest BCUT2D eigenvalue weighted by Gasteiger charge is -2.30. The van der Waals surface area contributed by atoms with E-state index in [4.69, 9.17) is 0 Å². The smallest absolute Gasteiger partial charge is 0.258 e. The number of nitrogens with zero attached hydrogens (tertiary/aromatic N) is 1. The lowest BCUT2D eigenvalue weighted by atomic mass is 9.94. The summed E-state index contributed by atoms with van der Waals surface area (Å²) in [7, 11) is 0. The van der Waals surface area contributed by atoms with Crippen molar-refractivity contribution in [1.82, 2.24) is 5.32 Å². The van der Waals surface area contributed by atoms with Crippen LogP contribution in [-0.2, 0) is 12.8 Å². The molecule has 0 saturated heterocycles. The third-order valence-corrected chi connectivity index (χ3v) is 11.0. The van der Waals surface area contributed by atoms with Crippen molar-refractivity contribution in [3.8, 4) is 0 Å². The highest BCUT2D eigenvalue weighted by atomic mass is 79.9. The predicted octanol–water partition coefficient (Wildman–Crippen LogP) is 9.22. The molecule has 2 fully saturated rings. The van der Waals surface area contributed by atoms with Gasteiger partial charge in [0.25, 0.3) is 11.8 Å². The molecule has 0 radical (unpaired) electrons. The monoisotopic (exact) mass is 818 g/mol. The van der Waals surface area contributed by atoms with Crippen LogP contribution in [0.4, 0.5) is 5.69 Å². The fraction of sp³-hybridized carbons (Fsp3) is 0.263. The Hall–Kier alpha value is -3.40. The fourth-order valence-electron chi connectivity index (χ4n) is 6.03. The molecule has 0 atom stereocenters. The number of aldehydes is 2. The lowest BCUT2D eigenvalue weighted by Crippen LogP contribution is -2.38. The van der Waals surface area contributed by atoms with Crippen LogP contribution >= 0.6 is 47.8 Å². The van der Waals surface area contributed by atoms with Crippen LogP contribution in [0.2, 0.25) is 0 Å². The standard InChI is InChI=1S/C19H16BrNO2.C12H13NO.C7H4Br2O/c20-17-2-1-3-18(16(17)11-22)21-9-8-14-10-13(12-4-5-12)6-7-15(14)19(21)23;14-12-11-4-3-9(8-1-2-8)7-10(11)5-6-13-12;8-6-2-1-3-7(9)5(6)4-10/h1-3,6-7,10-12H,4-5,8-9H2;3-4,7-8H,1-2,5-6H2,(H,13,14);1-4H. The van der Waals surface area contributed by atoms with Crippen LogP contribution < -0.4 is 10.2 Å². The molecule has 9 heteroatoms. The zero-order chi connectivity index (χ0) is 33.1. The zero-order valence-electron chi connectivity index (χ0n) is 25.6. The van der Waals surface area contributed by atoms with E-state index in [0.717, 1.165) is 63.5 Å². The summed E-state index contributed by atoms with van der Waals surface area (Å²) in [6.45, 7) is 1.40. The first-order valence-corrected chi connectivity index (χ1v) is 18.2. The number of hydrogen-bond acceptors (Lipinski definition) is 4. The summed E-state index contributed by atoms with van der Waals surface area (Å²) in [5.41, 5.74) is 8.66. The van der Waals surface area contributed by atoms with Gasteiger partial charge in [-0.25, -0.2) is 0 Å². The number of amides is 2. The van der Waals surface area contributed by atoms with Crippen molar-refractivity contribution in [3.63, 3.8) is 0 Å². The van der Waals surface area contributed by atoms with E-state index >= 15 is 0 Å². The zero-order valence-corrected chi connectivity index (χ0v) is 30.4. The second-order valence-corrected chi connectivity index (χ2v) is 14.7. The highest BCUT2D eigenvalue weighted by Gasteiger charge is 2.30. The quantitative estimate of drug-likeness (QED) is 0.204. The summed E-state index contributed by atoms with van der Waals surface area (Å²) >= 11 is 9.88. The molecule has 0 bridgehead atoms. The maximum Gasteiger partial charge on any atom is 0.258 e. The van der Waals surface area contributed by atoms with Crippen molar-refractivity contribution in [1.29, 1.82) is 0 Å². The van der Waals surface area contributed by atoms with Gasteiger partial charge in [-0.05, 0) is 125 Å². The van der Waals surface area contributed by atoms with Crippen LogP contribution in [0.25, 0.3) is 0 Å². The third-order valence-electron chi connectivity index (χ3n) is 8.92. The Morgan fingerprint density at radius 3 is 1.74 bits per heavy atom. The van der Waals surface area contributed by atoms with E-state index in [-0.39, 0.29) is 11.8 Å². The van der Waals surface area contributed by atoms with Gasteiger partial charge in [-0.2, -0.15) is 0 Å². The van der Waals surface area contributed by atoms with Crippen molar-refractivity contribution in [2.24, 2.45) is 0 Å². The van der Waals surface area contributed by atoms with Crippen LogP contribution in [0, 0.1) is 0 Å². The molecule has 0 aromatic heterocycles. The number of benzene rings is 4. The van der Waals surface area contributed by atoms with Gasteiger partial charge < -0.3 is 10.2 Å². The average molecular weight is 821 g/mol. The molecule has 4 aromatic rings. The lowest BCUT2D eigenvalue weighted by molar-refractivity contribution is 0.0943. The third kappa shape index (κ3) is 7.68. The molecule has 1 N–H and O–H groups in total. The molecule has 4 aliphatic rings. The molecule has 2 heterocycles. The Morgan fingerprint density at radius 1 is 0.660 bits per heavy atom. The van der Waals surface area contributed by atoms with Crippen LogP contribution in [0.15, 0.2) is 86.2 Å². The van der Waals surface area contributed by atoms with Gasteiger partial charge in [0.2, 0.25) is 0 Å². The molecule has 240 valence electrons. The number of halogens is 3. The summed E-state index contributed by atoms with van der Waals surface area (Å²) in [4.78, 5) is 47.9. The van der Waals surface area contributed by atoms with E-state index in [0.29, 0.717) is 33.7 Å². The SMILES string of the molecule is O=C1NCCc2cc(C3CC3)ccc21.O=Cc1c(Br)cccc1Br.O=Cc1c(Br)cccc1N1CCc2cc(C3CC3)ccc2C1=O. The molecule has 2 amide bonds. The highest BCUT2D eigenvalue weighted by molar-refractivity contribution is 9.11. The normalized spacial score (nSPS) is 16.4. The molecule has 2 aliphatic heterocycles. The molecule has 0 spiro atoms. The van der Waals surface area contributed by atoms with Gasteiger partial charge in [-0.15, -0.1) is 0 Å². The summed E-state index contributed by atoms with van der Waals surface area (Å²) in [6.07, 6.45) is 8.61. The van der Waals surface area contributed by atoms with Crippen LogP contribution in [0.5, 0.6) is 0 Å².